The molecular formula is C16H21NO2. The number of ether oxygens (including phenoxy) is 1. The second-order valence-electron chi connectivity index (χ2n) is 5.78. The molecule has 1 aromatic rings. The summed E-state index contributed by atoms with van der Waals surface area (Å²) in [7, 11) is 2.11. The van der Waals surface area contributed by atoms with E-state index in [0.29, 0.717) is 12.0 Å². The van der Waals surface area contributed by atoms with Gasteiger partial charge in [-0.05, 0) is 31.9 Å². The molecule has 2 heterocycles. The molecular weight excluding hydrogens is 238 g/mol. The number of carbonyl (C=O) groups excluding carboxylic acids is 1. The Morgan fingerprint density at radius 2 is 2.00 bits per heavy atom. The molecule has 2 aliphatic rings. The standard InChI is InChI=1S/C16H21NO2/c1-12(18)19-16-11-10-14(17(16)2)8-9-15(16)13-6-4-3-5-7-13/h3-7,14-15H,8-11H2,1-2H3/t14-,15?,16+/m1/s1. The number of piperidine rings is 1. The van der Waals surface area contributed by atoms with Crippen LogP contribution in [0.25, 0.3) is 0 Å². The number of hydrogen-bond donors (Lipinski definition) is 0. The van der Waals surface area contributed by atoms with Crippen LogP contribution in [0.2, 0.25) is 0 Å². The van der Waals surface area contributed by atoms with Gasteiger partial charge in [-0.15, -0.1) is 0 Å². The number of likely N-dealkylation sites (N-methyl/N-ethyl adjacent to an activating group) is 1. The highest BCUT2D eigenvalue weighted by molar-refractivity contribution is 5.66. The fraction of sp³-hybridized carbons (Fsp3) is 0.562. The van der Waals surface area contributed by atoms with Gasteiger partial charge in [0.15, 0.2) is 5.72 Å². The third-order valence-corrected chi connectivity index (χ3v) is 4.84. The van der Waals surface area contributed by atoms with Gasteiger partial charge in [0.25, 0.3) is 0 Å². The van der Waals surface area contributed by atoms with Crippen LogP contribution in [0, 0.1) is 0 Å². The summed E-state index contributed by atoms with van der Waals surface area (Å²) in [5.74, 6) is 0.122. The molecule has 0 aliphatic carbocycles. The molecule has 3 rings (SSSR count). The molecule has 3 atom stereocenters. The van der Waals surface area contributed by atoms with Gasteiger partial charge in [-0.2, -0.15) is 0 Å². The van der Waals surface area contributed by atoms with Crippen LogP contribution in [-0.2, 0) is 9.53 Å². The van der Waals surface area contributed by atoms with E-state index in [1.54, 1.807) is 0 Å². The largest absolute Gasteiger partial charge is 0.443 e. The lowest BCUT2D eigenvalue weighted by Gasteiger charge is -2.47. The van der Waals surface area contributed by atoms with E-state index >= 15 is 0 Å². The topological polar surface area (TPSA) is 29.5 Å². The first-order valence-electron chi connectivity index (χ1n) is 7.11. The normalized spacial score (nSPS) is 34.2. The molecule has 1 unspecified atom stereocenters. The van der Waals surface area contributed by atoms with Crippen molar-refractivity contribution in [3.63, 3.8) is 0 Å². The number of esters is 1. The van der Waals surface area contributed by atoms with Gasteiger partial charge in [-0.25, -0.2) is 0 Å². The average molecular weight is 259 g/mol. The molecule has 2 fully saturated rings. The lowest BCUT2D eigenvalue weighted by molar-refractivity contribution is -0.188. The maximum Gasteiger partial charge on any atom is 0.304 e. The van der Waals surface area contributed by atoms with E-state index in [0.717, 1.165) is 19.3 Å². The third-order valence-electron chi connectivity index (χ3n) is 4.84. The van der Waals surface area contributed by atoms with E-state index in [4.69, 9.17) is 4.74 Å². The lowest BCUT2D eigenvalue weighted by atomic mass is 9.81. The van der Waals surface area contributed by atoms with Crippen molar-refractivity contribution in [3.8, 4) is 0 Å². The summed E-state index contributed by atoms with van der Waals surface area (Å²) in [6, 6.07) is 11.0. The maximum absolute atomic E-state index is 11.6. The fourth-order valence-corrected chi connectivity index (χ4v) is 3.95. The molecule has 19 heavy (non-hydrogen) atoms. The zero-order valence-electron chi connectivity index (χ0n) is 11.6. The number of nitrogens with zero attached hydrogens (tertiary/aromatic N) is 1. The average Bonchev–Trinajstić information content (AvgIpc) is 2.60. The Morgan fingerprint density at radius 1 is 1.26 bits per heavy atom. The number of carbonyl (C=O) groups is 1. The van der Waals surface area contributed by atoms with Crippen LogP contribution in [0.5, 0.6) is 0 Å². The van der Waals surface area contributed by atoms with E-state index in [1.165, 1.54) is 18.9 Å². The highest BCUT2D eigenvalue weighted by Gasteiger charge is 2.55. The van der Waals surface area contributed by atoms with Gasteiger partial charge in [-0.3, -0.25) is 9.69 Å². The van der Waals surface area contributed by atoms with Crippen molar-refractivity contribution in [2.75, 3.05) is 7.05 Å². The van der Waals surface area contributed by atoms with E-state index in [9.17, 15) is 4.79 Å². The van der Waals surface area contributed by atoms with Crippen molar-refractivity contribution in [3.05, 3.63) is 35.9 Å². The Balaban J connectivity index is 2.00. The zero-order chi connectivity index (χ0) is 13.5. The minimum Gasteiger partial charge on any atom is -0.443 e. The van der Waals surface area contributed by atoms with E-state index in [2.05, 4.69) is 36.2 Å². The molecule has 102 valence electrons. The fourth-order valence-electron chi connectivity index (χ4n) is 3.95. The Hall–Kier alpha value is -1.35. The maximum atomic E-state index is 11.6. The Morgan fingerprint density at radius 3 is 2.68 bits per heavy atom. The third kappa shape index (κ3) is 1.96. The highest BCUT2D eigenvalue weighted by Crippen LogP contribution is 2.51. The van der Waals surface area contributed by atoms with E-state index in [-0.39, 0.29) is 5.97 Å². The van der Waals surface area contributed by atoms with Gasteiger partial charge in [-0.1, -0.05) is 30.3 Å². The molecule has 0 aromatic heterocycles. The van der Waals surface area contributed by atoms with Crippen LogP contribution in [0.15, 0.2) is 30.3 Å². The highest BCUT2D eigenvalue weighted by atomic mass is 16.6. The number of rotatable bonds is 2. The summed E-state index contributed by atoms with van der Waals surface area (Å²) in [6.45, 7) is 1.52. The summed E-state index contributed by atoms with van der Waals surface area (Å²) in [6.07, 6.45) is 4.38. The Bertz CT molecular complexity index is 473. The molecule has 3 nitrogen and oxygen atoms in total. The smallest absolute Gasteiger partial charge is 0.304 e. The molecule has 2 bridgehead atoms. The minimum atomic E-state index is -0.421. The summed E-state index contributed by atoms with van der Waals surface area (Å²) in [5, 5.41) is 0. The second kappa shape index (κ2) is 4.64. The molecule has 3 heteroatoms. The van der Waals surface area contributed by atoms with Gasteiger partial charge in [0.05, 0.1) is 0 Å². The second-order valence-corrected chi connectivity index (χ2v) is 5.78. The minimum absolute atomic E-state index is 0.171. The van der Waals surface area contributed by atoms with Crippen LogP contribution in [0.4, 0.5) is 0 Å². The SMILES string of the molecule is CC(=O)O[C@@]12CC[C@@H](CCC1c1ccccc1)N2C. The van der Waals surface area contributed by atoms with Crippen LogP contribution in [0.3, 0.4) is 0 Å². The van der Waals surface area contributed by atoms with Crippen molar-refractivity contribution in [2.24, 2.45) is 0 Å². The van der Waals surface area contributed by atoms with E-state index < -0.39 is 5.72 Å². The van der Waals surface area contributed by atoms with Crippen molar-refractivity contribution in [2.45, 2.75) is 50.3 Å². The Kier molecular flexibility index (Phi) is 3.09. The van der Waals surface area contributed by atoms with Crippen molar-refractivity contribution >= 4 is 5.97 Å². The first-order chi connectivity index (χ1) is 9.13. The molecule has 0 N–H and O–H groups in total. The molecule has 1 aromatic carbocycles. The summed E-state index contributed by atoms with van der Waals surface area (Å²) in [5.41, 5.74) is 0.867. The quantitative estimate of drug-likeness (QED) is 0.765. The van der Waals surface area contributed by atoms with Crippen LogP contribution in [-0.4, -0.2) is 29.7 Å². The van der Waals surface area contributed by atoms with Gasteiger partial charge in [0, 0.05) is 25.3 Å². The van der Waals surface area contributed by atoms with E-state index in [1.807, 2.05) is 6.07 Å². The van der Waals surface area contributed by atoms with Crippen molar-refractivity contribution in [1.82, 2.24) is 4.90 Å². The summed E-state index contributed by atoms with van der Waals surface area (Å²) < 4.78 is 5.84. The summed E-state index contributed by atoms with van der Waals surface area (Å²) >= 11 is 0. The molecule has 2 saturated heterocycles. The predicted octanol–water partition coefficient (Wildman–Crippen LogP) is 2.92. The summed E-state index contributed by atoms with van der Waals surface area (Å²) in [4.78, 5) is 13.9. The number of benzene rings is 1. The van der Waals surface area contributed by atoms with Crippen LogP contribution in [0.1, 0.15) is 44.1 Å². The van der Waals surface area contributed by atoms with Gasteiger partial charge >= 0.3 is 5.97 Å². The zero-order valence-corrected chi connectivity index (χ0v) is 11.6. The molecule has 0 spiro atoms. The number of hydrogen-bond acceptors (Lipinski definition) is 3. The van der Waals surface area contributed by atoms with Crippen LogP contribution < -0.4 is 0 Å². The molecule has 2 aliphatic heterocycles. The van der Waals surface area contributed by atoms with Gasteiger partial charge < -0.3 is 4.74 Å². The van der Waals surface area contributed by atoms with Crippen LogP contribution >= 0.6 is 0 Å². The van der Waals surface area contributed by atoms with Gasteiger partial charge in [0.2, 0.25) is 0 Å². The monoisotopic (exact) mass is 259 g/mol. The predicted molar refractivity (Wildman–Crippen MR) is 73.7 cm³/mol. The first-order valence-corrected chi connectivity index (χ1v) is 7.11. The molecule has 0 saturated carbocycles. The molecule has 0 radical (unpaired) electrons. The molecule has 0 amide bonds. The number of fused-ring (bicyclic) bond motifs is 2. The van der Waals surface area contributed by atoms with Crippen molar-refractivity contribution in [1.29, 1.82) is 0 Å². The Labute approximate surface area is 114 Å². The van der Waals surface area contributed by atoms with Gasteiger partial charge in [0.1, 0.15) is 0 Å². The first kappa shape index (κ1) is 12.7. The van der Waals surface area contributed by atoms with Crippen molar-refractivity contribution < 1.29 is 9.53 Å². The lowest BCUT2D eigenvalue weighted by Crippen LogP contribution is -2.55.